The van der Waals surface area contributed by atoms with Gasteiger partial charge in [0.1, 0.15) is 6.54 Å². The third-order valence-corrected chi connectivity index (χ3v) is 5.72. The maximum Gasteiger partial charge on any atom is 0.336 e. The zero-order valence-electron chi connectivity index (χ0n) is 17.8. The van der Waals surface area contributed by atoms with E-state index >= 15 is 0 Å². The van der Waals surface area contributed by atoms with Crippen molar-refractivity contribution in [3.05, 3.63) is 79.5 Å². The van der Waals surface area contributed by atoms with E-state index in [9.17, 15) is 29.3 Å². The number of carbonyl (C=O) groups is 2. The number of benzene rings is 2. The van der Waals surface area contributed by atoms with Crippen molar-refractivity contribution >= 4 is 28.4 Å². The van der Waals surface area contributed by atoms with E-state index in [0.29, 0.717) is 31.7 Å². The number of non-ortho nitro benzene ring substituents is 1. The van der Waals surface area contributed by atoms with Crippen LogP contribution in [0.1, 0.15) is 6.92 Å². The number of hydrogen-bond acceptors (Lipinski definition) is 6. The van der Waals surface area contributed by atoms with Gasteiger partial charge in [-0.05, 0) is 18.2 Å². The predicted octanol–water partition coefficient (Wildman–Crippen LogP) is 0.751. The minimum atomic E-state index is -0.769. The van der Waals surface area contributed by atoms with Crippen LogP contribution in [0.25, 0.3) is 16.6 Å². The lowest BCUT2D eigenvalue weighted by molar-refractivity contribution is -0.384. The molecule has 2 aromatic carbocycles. The van der Waals surface area contributed by atoms with Crippen LogP contribution in [-0.2, 0) is 16.1 Å². The van der Waals surface area contributed by atoms with Crippen molar-refractivity contribution < 1.29 is 14.5 Å². The molecule has 0 spiro atoms. The smallest absolute Gasteiger partial charge is 0.336 e. The second-order valence-corrected chi connectivity index (χ2v) is 7.69. The number of para-hydroxylation sites is 1. The van der Waals surface area contributed by atoms with Crippen LogP contribution < -0.4 is 11.2 Å². The molecule has 11 heteroatoms. The average molecular weight is 451 g/mol. The first-order chi connectivity index (χ1) is 15.8. The Labute approximate surface area is 187 Å². The van der Waals surface area contributed by atoms with Crippen LogP contribution in [0, 0.1) is 10.1 Å². The molecule has 1 aliphatic heterocycles. The molecule has 0 saturated carbocycles. The third-order valence-electron chi connectivity index (χ3n) is 5.72. The number of rotatable bonds is 4. The van der Waals surface area contributed by atoms with E-state index in [1.165, 1.54) is 35.8 Å². The van der Waals surface area contributed by atoms with Gasteiger partial charge in [0.05, 0.1) is 21.5 Å². The molecule has 0 atom stereocenters. The summed E-state index contributed by atoms with van der Waals surface area (Å²) in [6, 6.07) is 11.6. The average Bonchev–Trinajstić information content (AvgIpc) is 2.82. The van der Waals surface area contributed by atoms with Gasteiger partial charge in [0.2, 0.25) is 11.8 Å². The number of aromatic nitrogens is 2. The monoisotopic (exact) mass is 451 g/mol. The third kappa shape index (κ3) is 4.12. The van der Waals surface area contributed by atoms with Gasteiger partial charge in [-0.25, -0.2) is 9.36 Å². The van der Waals surface area contributed by atoms with Crippen molar-refractivity contribution in [1.82, 2.24) is 18.9 Å². The standard InChI is InChI=1S/C22H21N5O6/c1-15(28)23-9-11-24(12-10-23)20(29)14-25-19-8-3-2-7-18(19)21(30)26(22(25)31)16-5-4-6-17(13-16)27(32)33/h2-8,13H,9-12,14H2,1H3. The molecule has 0 unspecified atom stereocenters. The van der Waals surface area contributed by atoms with Gasteiger partial charge in [0.15, 0.2) is 0 Å². The van der Waals surface area contributed by atoms with Crippen LogP contribution in [0.2, 0.25) is 0 Å². The SMILES string of the molecule is CC(=O)N1CCN(C(=O)Cn2c(=O)n(-c3cccc([N+](=O)[O-])c3)c(=O)c3ccccc32)CC1. The fraction of sp³-hybridized carbons (Fsp3) is 0.273. The van der Waals surface area contributed by atoms with Crippen molar-refractivity contribution in [1.29, 1.82) is 0 Å². The van der Waals surface area contributed by atoms with E-state index in [4.69, 9.17) is 0 Å². The first kappa shape index (κ1) is 21.9. The highest BCUT2D eigenvalue weighted by Gasteiger charge is 2.24. The van der Waals surface area contributed by atoms with Gasteiger partial charge in [-0.1, -0.05) is 18.2 Å². The highest BCUT2D eigenvalue weighted by Crippen LogP contribution is 2.16. The van der Waals surface area contributed by atoms with Gasteiger partial charge >= 0.3 is 5.69 Å². The summed E-state index contributed by atoms with van der Waals surface area (Å²) in [5, 5.41) is 11.4. The topological polar surface area (TPSA) is 128 Å². The number of nitro benzene ring substituents is 1. The van der Waals surface area contributed by atoms with Crippen LogP contribution in [0.15, 0.2) is 58.1 Å². The van der Waals surface area contributed by atoms with E-state index in [1.807, 2.05) is 0 Å². The predicted molar refractivity (Wildman–Crippen MR) is 119 cm³/mol. The van der Waals surface area contributed by atoms with E-state index < -0.39 is 16.2 Å². The molecule has 1 saturated heterocycles. The van der Waals surface area contributed by atoms with Crippen LogP contribution in [0.4, 0.5) is 5.69 Å². The van der Waals surface area contributed by atoms with Gasteiger partial charge in [0, 0.05) is 45.2 Å². The van der Waals surface area contributed by atoms with Gasteiger partial charge in [-0.2, -0.15) is 0 Å². The zero-order valence-corrected chi connectivity index (χ0v) is 17.8. The number of fused-ring (bicyclic) bond motifs is 1. The molecule has 1 aromatic heterocycles. The summed E-state index contributed by atoms with van der Waals surface area (Å²) in [4.78, 5) is 64.8. The molecule has 0 radical (unpaired) electrons. The van der Waals surface area contributed by atoms with E-state index in [1.54, 1.807) is 28.0 Å². The Kier molecular flexibility index (Phi) is 5.78. The van der Waals surface area contributed by atoms with E-state index in [0.717, 1.165) is 10.6 Å². The summed E-state index contributed by atoms with van der Waals surface area (Å²) in [7, 11) is 0. The lowest BCUT2D eigenvalue weighted by atomic mass is 10.2. The molecule has 2 heterocycles. The molecule has 1 aliphatic rings. The van der Waals surface area contributed by atoms with Gasteiger partial charge in [-0.3, -0.25) is 29.1 Å². The van der Waals surface area contributed by atoms with Crippen molar-refractivity contribution in [3.63, 3.8) is 0 Å². The minimum Gasteiger partial charge on any atom is -0.339 e. The van der Waals surface area contributed by atoms with Crippen LogP contribution in [-0.4, -0.2) is 61.9 Å². The first-order valence-electron chi connectivity index (χ1n) is 10.3. The molecule has 0 bridgehead atoms. The Morgan fingerprint density at radius 3 is 2.30 bits per heavy atom. The highest BCUT2D eigenvalue weighted by atomic mass is 16.6. The van der Waals surface area contributed by atoms with Crippen molar-refractivity contribution in [2.45, 2.75) is 13.5 Å². The highest BCUT2D eigenvalue weighted by molar-refractivity contribution is 5.82. The summed E-state index contributed by atoms with van der Waals surface area (Å²) in [6.45, 7) is 2.66. The number of nitro groups is 1. The second kappa shape index (κ2) is 8.69. The van der Waals surface area contributed by atoms with Crippen LogP contribution in [0.3, 0.4) is 0 Å². The molecule has 170 valence electrons. The Morgan fingerprint density at radius 2 is 1.64 bits per heavy atom. The maximum absolute atomic E-state index is 13.4. The van der Waals surface area contributed by atoms with Crippen LogP contribution in [0.5, 0.6) is 0 Å². The maximum atomic E-state index is 13.4. The molecule has 33 heavy (non-hydrogen) atoms. The molecule has 0 N–H and O–H groups in total. The molecule has 11 nitrogen and oxygen atoms in total. The van der Waals surface area contributed by atoms with Crippen LogP contribution >= 0.6 is 0 Å². The lowest BCUT2D eigenvalue weighted by Crippen LogP contribution is -2.51. The number of amides is 2. The van der Waals surface area contributed by atoms with Gasteiger partial charge < -0.3 is 9.80 Å². The Bertz CT molecular complexity index is 1380. The molecule has 3 aromatic rings. The normalized spacial score (nSPS) is 13.8. The molecule has 1 fully saturated rings. The first-order valence-corrected chi connectivity index (χ1v) is 10.3. The van der Waals surface area contributed by atoms with E-state index in [-0.39, 0.29) is 35.1 Å². The van der Waals surface area contributed by atoms with E-state index in [2.05, 4.69) is 0 Å². The molecule has 0 aliphatic carbocycles. The molecular weight excluding hydrogens is 430 g/mol. The van der Waals surface area contributed by atoms with Crippen molar-refractivity contribution in [2.24, 2.45) is 0 Å². The Morgan fingerprint density at radius 1 is 0.970 bits per heavy atom. The quantitative estimate of drug-likeness (QED) is 0.425. The molecule has 2 amide bonds. The molecular formula is C22H21N5O6. The summed E-state index contributed by atoms with van der Waals surface area (Å²) >= 11 is 0. The fourth-order valence-corrected chi connectivity index (χ4v) is 3.95. The fourth-order valence-electron chi connectivity index (χ4n) is 3.95. The number of carbonyl (C=O) groups excluding carboxylic acids is 2. The second-order valence-electron chi connectivity index (χ2n) is 7.69. The summed E-state index contributed by atoms with van der Waals surface area (Å²) in [6.07, 6.45) is 0. The number of nitrogens with zero attached hydrogens (tertiary/aromatic N) is 5. The Hall–Kier alpha value is -4.28. The number of hydrogen-bond donors (Lipinski definition) is 0. The Balaban J connectivity index is 1.78. The zero-order chi connectivity index (χ0) is 23.7. The summed E-state index contributed by atoms with van der Waals surface area (Å²) in [5.74, 6) is -0.386. The lowest BCUT2D eigenvalue weighted by Gasteiger charge is -2.34. The van der Waals surface area contributed by atoms with Crippen molar-refractivity contribution in [3.8, 4) is 5.69 Å². The van der Waals surface area contributed by atoms with Crippen molar-refractivity contribution in [2.75, 3.05) is 26.2 Å². The van der Waals surface area contributed by atoms with Gasteiger partial charge in [-0.15, -0.1) is 0 Å². The largest absolute Gasteiger partial charge is 0.339 e. The summed E-state index contributed by atoms with van der Waals surface area (Å²) in [5.41, 5.74) is -1.33. The van der Waals surface area contributed by atoms with Gasteiger partial charge in [0.25, 0.3) is 11.2 Å². The minimum absolute atomic E-state index is 0.0428. The number of piperazine rings is 1. The summed E-state index contributed by atoms with van der Waals surface area (Å²) < 4.78 is 2.05. The molecule has 4 rings (SSSR count).